The van der Waals surface area contributed by atoms with Gasteiger partial charge in [-0.25, -0.2) is 9.82 Å². The monoisotopic (exact) mass is 214 g/mol. The first kappa shape index (κ1) is 12.1. The number of benzene rings is 1. The van der Waals surface area contributed by atoms with E-state index in [0.29, 0.717) is 5.56 Å². The van der Waals surface area contributed by atoms with E-state index in [0.717, 1.165) is 0 Å². The maximum atomic E-state index is 13.5. The highest BCUT2D eigenvalue weighted by molar-refractivity contribution is 5.21. The van der Waals surface area contributed by atoms with Crippen molar-refractivity contribution in [3.05, 3.63) is 35.6 Å². The SMILES string of the molecule is COC(OC)C(NN)c1ccccc1F. The molecular formula is C10H15FN2O2. The van der Waals surface area contributed by atoms with Crippen LogP contribution < -0.4 is 11.3 Å². The van der Waals surface area contributed by atoms with E-state index < -0.39 is 12.3 Å². The Morgan fingerprint density at radius 2 is 1.87 bits per heavy atom. The molecule has 0 radical (unpaired) electrons. The highest BCUT2D eigenvalue weighted by atomic mass is 19.1. The lowest BCUT2D eigenvalue weighted by Gasteiger charge is -2.24. The summed E-state index contributed by atoms with van der Waals surface area (Å²) in [6.07, 6.45) is -0.633. The van der Waals surface area contributed by atoms with Gasteiger partial charge in [0.2, 0.25) is 0 Å². The first-order valence-corrected chi connectivity index (χ1v) is 4.50. The molecule has 1 aromatic rings. The minimum atomic E-state index is -0.633. The normalized spacial score (nSPS) is 13.1. The summed E-state index contributed by atoms with van der Waals surface area (Å²) in [4.78, 5) is 0. The van der Waals surface area contributed by atoms with Crippen LogP contribution in [0, 0.1) is 5.82 Å². The molecule has 0 saturated carbocycles. The van der Waals surface area contributed by atoms with E-state index in [1.807, 2.05) is 0 Å². The van der Waals surface area contributed by atoms with Crippen LogP contribution in [0.2, 0.25) is 0 Å². The largest absolute Gasteiger partial charge is 0.354 e. The third-order valence-electron chi connectivity index (χ3n) is 2.16. The van der Waals surface area contributed by atoms with E-state index in [1.165, 1.54) is 20.3 Å². The van der Waals surface area contributed by atoms with Crippen LogP contribution >= 0.6 is 0 Å². The number of hydrazine groups is 1. The van der Waals surface area contributed by atoms with Crippen LogP contribution in [0.15, 0.2) is 24.3 Å². The standard InChI is InChI=1S/C10H15FN2O2/c1-14-10(15-2)9(13-12)7-5-3-4-6-8(7)11/h3-6,9-10,13H,12H2,1-2H3. The Morgan fingerprint density at radius 3 is 2.33 bits per heavy atom. The predicted molar refractivity (Wildman–Crippen MR) is 54.3 cm³/mol. The van der Waals surface area contributed by atoms with Gasteiger partial charge in [-0.3, -0.25) is 5.84 Å². The van der Waals surface area contributed by atoms with E-state index in [9.17, 15) is 4.39 Å². The maximum absolute atomic E-state index is 13.5. The molecule has 0 aliphatic rings. The van der Waals surface area contributed by atoms with Gasteiger partial charge in [0.15, 0.2) is 6.29 Å². The van der Waals surface area contributed by atoms with Crippen LogP contribution in [0.1, 0.15) is 11.6 Å². The molecule has 1 rings (SSSR count). The van der Waals surface area contributed by atoms with Crippen LogP contribution in [0.3, 0.4) is 0 Å². The van der Waals surface area contributed by atoms with Crippen molar-refractivity contribution in [3.8, 4) is 0 Å². The molecule has 0 spiro atoms. The zero-order valence-electron chi connectivity index (χ0n) is 8.74. The fourth-order valence-electron chi connectivity index (χ4n) is 1.41. The minimum absolute atomic E-state index is 0.348. The summed E-state index contributed by atoms with van der Waals surface area (Å²) in [5, 5.41) is 0. The van der Waals surface area contributed by atoms with E-state index in [1.54, 1.807) is 18.2 Å². The third-order valence-corrected chi connectivity index (χ3v) is 2.16. The maximum Gasteiger partial charge on any atom is 0.177 e. The molecule has 84 valence electrons. The van der Waals surface area contributed by atoms with Crippen molar-refractivity contribution < 1.29 is 13.9 Å². The van der Waals surface area contributed by atoms with Gasteiger partial charge in [0, 0.05) is 19.8 Å². The van der Waals surface area contributed by atoms with Crippen molar-refractivity contribution in [3.63, 3.8) is 0 Å². The Morgan fingerprint density at radius 1 is 1.27 bits per heavy atom. The zero-order chi connectivity index (χ0) is 11.3. The Hall–Kier alpha value is -1.01. The summed E-state index contributed by atoms with van der Waals surface area (Å²) in [6, 6.07) is 5.79. The number of hydrogen-bond acceptors (Lipinski definition) is 4. The van der Waals surface area contributed by atoms with E-state index >= 15 is 0 Å². The highest BCUT2D eigenvalue weighted by Crippen LogP contribution is 2.21. The molecule has 0 aromatic heterocycles. The van der Waals surface area contributed by atoms with Crippen LogP contribution in [0.25, 0.3) is 0 Å². The quantitative estimate of drug-likeness (QED) is 0.435. The number of hydrogen-bond donors (Lipinski definition) is 2. The van der Waals surface area contributed by atoms with Crippen molar-refractivity contribution in [2.45, 2.75) is 12.3 Å². The third kappa shape index (κ3) is 2.73. The summed E-state index contributed by atoms with van der Waals surface area (Å²) >= 11 is 0. The topological polar surface area (TPSA) is 56.5 Å². The lowest BCUT2D eigenvalue weighted by Crippen LogP contribution is -2.39. The summed E-state index contributed by atoms with van der Waals surface area (Å²) in [6.45, 7) is 0. The Balaban J connectivity index is 2.96. The van der Waals surface area contributed by atoms with Crippen molar-refractivity contribution in [1.82, 2.24) is 5.43 Å². The molecule has 0 heterocycles. The van der Waals surface area contributed by atoms with Crippen molar-refractivity contribution in [2.75, 3.05) is 14.2 Å². The number of ether oxygens (including phenoxy) is 2. The number of methoxy groups -OCH3 is 2. The molecule has 0 fully saturated rings. The fraction of sp³-hybridized carbons (Fsp3) is 0.400. The van der Waals surface area contributed by atoms with Gasteiger partial charge in [0.05, 0.1) is 6.04 Å². The second kappa shape index (κ2) is 5.77. The molecule has 0 saturated heterocycles. The molecule has 1 aromatic carbocycles. The molecule has 4 nitrogen and oxygen atoms in total. The molecule has 1 unspecified atom stereocenters. The Bertz CT molecular complexity index is 305. The summed E-state index contributed by atoms with van der Waals surface area (Å²) < 4.78 is 23.5. The summed E-state index contributed by atoms with van der Waals surface area (Å²) in [5.41, 5.74) is 2.88. The second-order valence-corrected chi connectivity index (χ2v) is 3.01. The predicted octanol–water partition coefficient (Wildman–Crippen LogP) is 0.949. The van der Waals surface area contributed by atoms with Gasteiger partial charge < -0.3 is 9.47 Å². The first-order chi connectivity index (χ1) is 7.24. The molecule has 0 bridgehead atoms. The number of nitrogens with two attached hydrogens (primary N) is 1. The van der Waals surface area contributed by atoms with Gasteiger partial charge in [-0.2, -0.15) is 0 Å². The van der Waals surface area contributed by atoms with Gasteiger partial charge in [-0.15, -0.1) is 0 Å². The molecule has 15 heavy (non-hydrogen) atoms. The van der Waals surface area contributed by atoms with Crippen LogP contribution in [-0.2, 0) is 9.47 Å². The summed E-state index contributed by atoms with van der Waals surface area (Å²) in [5.74, 6) is 5.00. The van der Waals surface area contributed by atoms with E-state index in [2.05, 4.69) is 5.43 Å². The van der Waals surface area contributed by atoms with Crippen LogP contribution in [0.4, 0.5) is 4.39 Å². The molecule has 5 heteroatoms. The molecule has 0 aliphatic carbocycles. The first-order valence-electron chi connectivity index (χ1n) is 4.50. The second-order valence-electron chi connectivity index (χ2n) is 3.01. The highest BCUT2D eigenvalue weighted by Gasteiger charge is 2.23. The zero-order valence-corrected chi connectivity index (χ0v) is 8.74. The van der Waals surface area contributed by atoms with Gasteiger partial charge >= 0.3 is 0 Å². The number of rotatable bonds is 5. The fourth-order valence-corrected chi connectivity index (χ4v) is 1.41. The number of nitrogens with one attached hydrogen (secondary N) is 1. The van der Waals surface area contributed by atoms with E-state index in [-0.39, 0.29) is 5.82 Å². The lowest BCUT2D eigenvalue weighted by atomic mass is 10.1. The molecule has 1 atom stereocenters. The van der Waals surface area contributed by atoms with Gasteiger partial charge in [-0.05, 0) is 6.07 Å². The van der Waals surface area contributed by atoms with Crippen molar-refractivity contribution in [1.29, 1.82) is 0 Å². The smallest absolute Gasteiger partial charge is 0.177 e. The molecular weight excluding hydrogens is 199 g/mol. The van der Waals surface area contributed by atoms with Gasteiger partial charge in [0.1, 0.15) is 5.82 Å². The van der Waals surface area contributed by atoms with Crippen LogP contribution in [0.5, 0.6) is 0 Å². The Labute approximate surface area is 88.1 Å². The van der Waals surface area contributed by atoms with Crippen molar-refractivity contribution in [2.24, 2.45) is 5.84 Å². The minimum Gasteiger partial charge on any atom is -0.354 e. The van der Waals surface area contributed by atoms with Crippen molar-refractivity contribution >= 4 is 0 Å². The van der Waals surface area contributed by atoms with Gasteiger partial charge in [0.25, 0.3) is 0 Å². The lowest BCUT2D eigenvalue weighted by molar-refractivity contribution is -0.124. The number of halogens is 1. The van der Waals surface area contributed by atoms with E-state index in [4.69, 9.17) is 15.3 Å². The molecule has 0 amide bonds. The Kier molecular flexibility index (Phi) is 4.64. The van der Waals surface area contributed by atoms with Gasteiger partial charge in [-0.1, -0.05) is 18.2 Å². The summed E-state index contributed by atoms with van der Waals surface area (Å²) in [7, 11) is 2.94. The molecule has 0 aliphatic heterocycles. The molecule has 3 N–H and O–H groups in total. The average Bonchev–Trinajstić information content (AvgIpc) is 2.27. The van der Waals surface area contributed by atoms with Crippen LogP contribution in [-0.4, -0.2) is 20.5 Å². The average molecular weight is 214 g/mol.